The Balaban J connectivity index is 1.51. The van der Waals surface area contributed by atoms with Gasteiger partial charge in [0.25, 0.3) is 0 Å². The number of benzene rings is 3. The van der Waals surface area contributed by atoms with Crippen LogP contribution in [0.3, 0.4) is 0 Å². The minimum Gasteiger partial charge on any atom is -0.504 e. The maximum absolute atomic E-state index is 12.1. The summed E-state index contributed by atoms with van der Waals surface area (Å²) in [6.07, 6.45) is -2.06. The first-order chi connectivity index (χ1) is 18.0. The average Bonchev–Trinajstić information content (AvgIpc) is 2.92. The molecule has 0 aromatic heterocycles. The molecule has 0 saturated carbocycles. The van der Waals surface area contributed by atoms with Crippen LogP contribution < -0.4 is 9.47 Å². The standard InChI is InChI=1S/C28H32O10/c1-28(2,18-3-7-22(8-4-18)36-14-20(30)13-29)19-5-9-23(10-6-19)37-15-21(31)16-38-27(35)17-11-24(32)26(34)25(33)12-17/h3-12,20-21,29-34H,13-16H2,1-2H3. The van der Waals surface area contributed by atoms with E-state index in [2.05, 4.69) is 13.8 Å². The number of phenols is 3. The number of hydrogen-bond donors (Lipinski definition) is 6. The third-order valence-corrected chi connectivity index (χ3v) is 5.96. The topological polar surface area (TPSA) is 166 Å². The van der Waals surface area contributed by atoms with Gasteiger partial charge in [0.1, 0.15) is 43.5 Å². The van der Waals surface area contributed by atoms with Gasteiger partial charge in [-0.1, -0.05) is 38.1 Å². The van der Waals surface area contributed by atoms with Crippen molar-refractivity contribution in [2.24, 2.45) is 0 Å². The fourth-order valence-electron chi connectivity index (χ4n) is 3.57. The summed E-state index contributed by atoms with van der Waals surface area (Å²) in [4.78, 5) is 12.1. The van der Waals surface area contributed by atoms with Crippen LogP contribution in [0.1, 0.15) is 35.3 Å². The van der Waals surface area contributed by atoms with Gasteiger partial charge in [0, 0.05) is 5.41 Å². The summed E-state index contributed by atoms with van der Waals surface area (Å²) in [6, 6.07) is 16.7. The number of aromatic hydroxyl groups is 3. The number of rotatable bonds is 12. The third kappa shape index (κ3) is 7.28. The Hall–Kier alpha value is -3.99. The van der Waals surface area contributed by atoms with E-state index in [1.165, 1.54) is 0 Å². The Labute approximate surface area is 219 Å². The highest BCUT2D eigenvalue weighted by Gasteiger charge is 2.23. The molecular formula is C28H32O10. The normalized spacial score (nSPS) is 13.0. The summed E-state index contributed by atoms with van der Waals surface area (Å²) in [5, 5.41) is 56.8. The van der Waals surface area contributed by atoms with Crippen molar-refractivity contribution in [1.82, 2.24) is 0 Å². The van der Waals surface area contributed by atoms with E-state index in [9.17, 15) is 30.3 Å². The van der Waals surface area contributed by atoms with Crippen molar-refractivity contribution in [2.75, 3.05) is 26.4 Å². The molecule has 0 bridgehead atoms. The lowest BCUT2D eigenvalue weighted by atomic mass is 9.78. The molecule has 0 aliphatic rings. The Morgan fingerprint density at radius 2 is 1.21 bits per heavy atom. The monoisotopic (exact) mass is 528 g/mol. The summed E-state index contributed by atoms with van der Waals surface area (Å²) >= 11 is 0. The van der Waals surface area contributed by atoms with Crippen LogP contribution in [-0.2, 0) is 10.2 Å². The number of ether oxygens (including phenoxy) is 3. The first-order valence-electron chi connectivity index (χ1n) is 11.9. The first kappa shape index (κ1) is 28.6. The molecule has 0 saturated heterocycles. The van der Waals surface area contributed by atoms with Crippen molar-refractivity contribution in [3.63, 3.8) is 0 Å². The lowest BCUT2D eigenvalue weighted by molar-refractivity contribution is 0.0129. The molecule has 0 fully saturated rings. The summed E-state index contributed by atoms with van der Waals surface area (Å²) in [7, 11) is 0. The highest BCUT2D eigenvalue weighted by Crippen LogP contribution is 2.36. The van der Waals surface area contributed by atoms with Crippen LogP contribution in [0.15, 0.2) is 60.7 Å². The van der Waals surface area contributed by atoms with Crippen LogP contribution in [-0.4, -0.2) is 75.2 Å². The van der Waals surface area contributed by atoms with Gasteiger partial charge in [-0.05, 0) is 47.5 Å². The number of hydrogen-bond acceptors (Lipinski definition) is 10. The van der Waals surface area contributed by atoms with Gasteiger partial charge >= 0.3 is 5.97 Å². The maximum atomic E-state index is 12.1. The van der Waals surface area contributed by atoms with Crippen molar-refractivity contribution >= 4 is 5.97 Å². The van der Waals surface area contributed by atoms with Crippen molar-refractivity contribution in [2.45, 2.75) is 31.5 Å². The molecule has 3 rings (SSSR count). The van der Waals surface area contributed by atoms with Crippen LogP contribution >= 0.6 is 0 Å². The number of esters is 1. The van der Waals surface area contributed by atoms with E-state index in [1.54, 1.807) is 24.3 Å². The van der Waals surface area contributed by atoms with E-state index >= 15 is 0 Å². The van der Waals surface area contributed by atoms with Crippen molar-refractivity contribution in [1.29, 1.82) is 0 Å². The van der Waals surface area contributed by atoms with E-state index in [0.717, 1.165) is 23.3 Å². The van der Waals surface area contributed by atoms with Gasteiger partial charge in [-0.3, -0.25) is 0 Å². The molecule has 0 radical (unpaired) electrons. The number of carbonyl (C=O) groups is 1. The quantitative estimate of drug-likeness (QED) is 0.152. The highest BCUT2D eigenvalue weighted by atomic mass is 16.5. The summed E-state index contributed by atoms with van der Waals surface area (Å²) in [5.41, 5.74) is 1.52. The van der Waals surface area contributed by atoms with Gasteiger partial charge < -0.3 is 44.8 Å². The molecule has 0 spiro atoms. The molecule has 2 atom stereocenters. The van der Waals surface area contributed by atoms with Gasteiger partial charge in [0.15, 0.2) is 17.2 Å². The lowest BCUT2D eigenvalue weighted by Gasteiger charge is -2.26. The second-order valence-electron chi connectivity index (χ2n) is 9.25. The molecule has 0 amide bonds. The molecule has 0 aliphatic carbocycles. The average molecular weight is 529 g/mol. The Bertz CT molecular complexity index is 1180. The Kier molecular flexibility index (Phi) is 9.40. The molecule has 3 aromatic rings. The Morgan fingerprint density at radius 1 is 0.763 bits per heavy atom. The molecule has 3 aromatic carbocycles. The van der Waals surface area contributed by atoms with Crippen LogP contribution in [0.2, 0.25) is 0 Å². The number of phenolic OH excluding ortho intramolecular Hbond substituents is 3. The van der Waals surface area contributed by atoms with Crippen molar-refractivity contribution < 1.29 is 49.6 Å². The molecule has 38 heavy (non-hydrogen) atoms. The summed E-state index contributed by atoms with van der Waals surface area (Å²) < 4.78 is 16.0. The first-order valence-corrected chi connectivity index (χ1v) is 11.9. The molecule has 6 N–H and O–H groups in total. The molecule has 0 aliphatic heterocycles. The highest BCUT2D eigenvalue weighted by molar-refractivity contribution is 5.91. The zero-order valence-corrected chi connectivity index (χ0v) is 21.1. The van der Waals surface area contributed by atoms with Gasteiger partial charge in [-0.25, -0.2) is 4.79 Å². The largest absolute Gasteiger partial charge is 0.504 e. The predicted octanol–water partition coefficient (Wildman–Crippen LogP) is 2.46. The second kappa shape index (κ2) is 12.5. The summed E-state index contributed by atoms with van der Waals surface area (Å²) in [6.45, 7) is 3.25. The summed E-state index contributed by atoms with van der Waals surface area (Å²) in [5.74, 6) is -1.90. The number of aliphatic hydroxyl groups excluding tert-OH is 3. The van der Waals surface area contributed by atoms with Crippen LogP contribution in [0, 0.1) is 0 Å². The lowest BCUT2D eigenvalue weighted by Crippen LogP contribution is -2.25. The minimum absolute atomic E-state index is 0.00531. The molecular weight excluding hydrogens is 496 g/mol. The van der Waals surface area contributed by atoms with E-state index in [0.29, 0.717) is 11.5 Å². The Morgan fingerprint density at radius 3 is 1.66 bits per heavy atom. The minimum atomic E-state index is -1.13. The number of carbonyl (C=O) groups excluding carboxylic acids is 1. The van der Waals surface area contributed by atoms with Crippen LogP contribution in [0.5, 0.6) is 28.7 Å². The smallest absolute Gasteiger partial charge is 0.338 e. The van der Waals surface area contributed by atoms with E-state index < -0.39 is 35.4 Å². The SMILES string of the molecule is CC(C)(c1ccc(OCC(O)CO)cc1)c1ccc(OCC(O)COC(=O)c2cc(O)c(O)c(O)c2)cc1. The zero-order chi connectivity index (χ0) is 27.9. The fourth-order valence-corrected chi connectivity index (χ4v) is 3.57. The van der Waals surface area contributed by atoms with Gasteiger partial charge in [-0.15, -0.1) is 0 Å². The van der Waals surface area contributed by atoms with Crippen LogP contribution in [0.4, 0.5) is 0 Å². The van der Waals surface area contributed by atoms with E-state index in [-0.39, 0.29) is 37.4 Å². The maximum Gasteiger partial charge on any atom is 0.338 e. The fraction of sp³-hybridized carbons (Fsp3) is 0.321. The van der Waals surface area contributed by atoms with E-state index in [1.807, 2.05) is 24.3 Å². The number of aliphatic hydroxyl groups is 3. The second-order valence-corrected chi connectivity index (χ2v) is 9.25. The van der Waals surface area contributed by atoms with E-state index in [4.69, 9.17) is 19.3 Å². The molecule has 0 heterocycles. The zero-order valence-electron chi connectivity index (χ0n) is 21.1. The molecule has 10 heteroatoms. The van der Waals surface area contributed by atoms with Gasteiger partial charge in [0.05, 0.1) is 12.2 Å². The molecule has 10 nitrogen and oxygen atoms in total. The van der Waals surface area contributed by atoms with Crippen molar-refractivity contribution in [3.8, 4) is 28.7 Å². The van der Waals surface area contributed by atoms with Gasteiger partial charge in [0.2, 0.25) is 0 Å². The van der Waals surface area contributed by atoms with Gasteiger partial charge in [-0.2, -0.15) is 0 Å². The van der Waals surface area contributed by atoms with Crippen molar-refractivity contribution in [3.05, 3.63) is 77.4 Å². The van der Waals surface area contributed by atoms with Crippen LogP contribution in [0.25, 0.3) is 0 Å². The molecule has 204 valence electrons. The molecule has 2 unspecified atom stereocenters. The predicted molar refractivity (Wildman–Crippen MR) is 137 cm³/mol. The third-order valence-electron chi connectivity index (χ3n) is 5.96.